The first kappa shape index (κ1) is 20.1. The monoisotopic (exact) mass is 374 g/mol. The van der Waals surface area contributed by atoms with Gasteiger partial charge in [0.15, 0.2) is 6.10 Å². The van der Waals surface area contributed by atoms with Crippen LogP contribution in [0.5, 0.6) is 0 Å². The number of hydrogen-bond donors (Lipinski definition) is 1. The van der Waals surface area contributed by atoms with Gasteiger partial charge in [0.1, 0.15) is 0 Å². The quantitative estimate of drug-likeness (QED) is 0.460. The van der Waals surface area contributed by atoms with E-state index in [1.54, 1.807) is 6.08 Å². The fraction of sp³-hybridized carbons (Fsp3) is 0.812. The first-order valence-electron chi connectivity index (χ1n) is 7.90. The first-order chi connectivity index (χ1) is 11.1. The van der Waals surface area contributed by atoms with Crippen LogP contribution in [0, 0.1) is 23.2 Å². The molecule has 0 heterocycles. The van der Waals surface area contributed by atoms with Crippen molar-refractivity contribution in [3.63, 3.8) is 0 Å². The van der Waals surface area contributed by atoms with Gasteiger partial charge in [-0.05, 0) is 37.5 Å². The third-order valence-corrected chi connectivity index (χ3v) is 5.26. The van der Waals surface area contributed by atoms with Gasteiger partial charge in [0.2, 0.25) is 0 Å². The van der Waals surface area contributed by atoms with E-state index in [1.165, 1.54) is 6.92 Å². The van der Waals surface area contributed by atoms with Gasteiger partial charge in [-0.2, -0.15) is 26.3 Å². The van der Waals surface area contributed by atoms with Crippen LogP contribution in [0.2, 0.25) is 0 Å². The lowest BCUT2D eigenvalue weighted by Crippen LogP contribution is -2.67. The van der Waals surface area contributed by atoms with Crippen LogP contribution in [0.3, 0.4) is 0 Å². The van der Waals surface area contributed by atoms with Crippen LogP contribution in [0.15, 0.2) is 12.2 Å². The van der Waals surface area contributed by atoms with Crippen molar-refractivity contribution >= 4 is 5.97 Å². The number of carbonyl (C=O) groups is 1. The van der Waals surface area contributed by atoms with E-state index in [-0.39, 0.29) is 11.8 Å². The SMILES string of the molecule is CC(C)C(OC(=O)C1(C)CC2C=CC1C2)C(O)(C(F)(F)F)C(F)(F)F. The second-order valence-corrected chi connectivity index (χ2v) is 7.44. The number of ether oxygens (including phenoxy) is 1. The summed E-state index contributed by atoms with van der Waals surface area (Å²) in [7, 11) is 0. The highest BCUT2D eigenvalue weighted by Crippen LogP contribution is 2.54. The lowest BCUT2D eigenvalue weighted by Gasteiger charge is -2.41. The molecule has 0 aromatic rings. The molecule has 2 aliphatic carbocycles. The smallest absolute Gasteiger partial charge is 0.430 e. The van der Waals surface area contributed by atoms with E-state index < -0.39 is 41.4 Å². The van der Waals surface area contributed by atoms with E-state index in [0.717, 1.165) is 13.8 Å². The van der Waals surface area contributed by atoms with E-state index in [4.69, 9.17) is 4.74 Å². The summed E-state index contributed by atoms with van der Waals surface area (Å²) in [5.41, 5.74) is -6.32. The number of aliphatic hydroxyl groups is 1. The standard InChI is InChI=1S/C16H20F6O3/c1-8(2)11(14(24,15(17,18)19)16(20,21)22)25-12(23)13(3)7-9-4-5-10(13)6-9/h4-5,8-11,24H,6-7H2,1-3H3. The molecule has 3 nitrogen and oxygen atoms in total. The molecule has 1 N–H and O–H groups in total. The van der Waals surface area contributed by atoms with Crippen LogP contribution < -0.4 is 0 Å². The van der Waals surface area contributed by atoms with Gasteiger partial charge in [-0.1, -0.05) is 26.0 Å². The van der Waals surface area contributed by atoms with Crippen LogP contribution in [0.25, 0.3) is 0 Å². The molecule has 0 radical (unpaired) electrons. The van der Waals surface area contributed by atoms with Gasteiger partial charge in [-0.25, -0.2) is 0 Å². The normalized spacial score (nSPS) is 30.8. The number of fused-ring (bicyclic) bond motifs is 2. The van der Waals surface area contributed by atoms with Crippen molar-refractivity contribution in [3.8, 4) is 0 Å². The van der Waals surface area contributed by atoms with Gasteiger partial charge in [0.05, 0.1) is 5.41 Å². The number of halogens is 6. The molecule has 0 aromatic heterocycles. The molecular weight excluding hydrogens is 354 g/mol. The Labute approximate surface area is 141 Å². The Morgan fingerprint density at radius 1 is 1.16 bits per heavy atom. The van der Waals surface area contributed by atoms with Crippen LogP contribution in [0.1, 0.15) is 33.6 Å². The molecule has 1 saturated carbocycles. The topological polar surface area (TPSA) is 46.5 Å². The summed E-state index contributed by atoms with van der Waals surface area (Å²) in [5, 5.41) is 9.58. The van der Waals surface area contributed by atoms with E-state index >= 15 is 0 Å². The van der Waals surface area contributed by atoms with Crippen molar-refractivity contribution in [2.24, 2.45) is 23.2 Å². The zero-order valence-electron chi connectivity index (χ0n) is 13.9. The molecule has 0 aromatic carbocycles. The maximum absolute atomic E-state index is 13.1. The number of esters is 1. The van der Waals surface area contributed by atoms with Gasteiger partial charge in [0, 0.05) is 0 Å². The fourth-order valence-electron chi connectivity index (χ4n) is 3.77. The third-order valence-electron chi connectivity index (χ3n) is 5.26. The van der Waals surface area contributed by atoms with Gasteiger partial charge in [0.25, 0.3) is 5.60 Å². The molecule has 4 atom stereocenters. The van der Waals surface area contributed by atoms with Crippen LogP contribution in [-0.4, -0.2) is 35.1 Å². The highest BCUT2D eigenvalue weighted by molar-refractivity contribution is 5.78. The average Bonchev–Trinajstić information content (AvgIpc) is 3.01. The molecule has 25 heavy (non-hydrogen) atoms. The van der Waals surface area contributed by atoms with Crippen molar-refractivity contribution in [2.75, 3.05) is 0 Å². The summed E-state index contributed by atoms with van der Waals surface area (Å²) in [6.07, 6.45) is -10.4. The van der Waals surface area contributed by atoms with Crippen LogP contribution >= 0.6 is 0 Å². The molecule has 2 aliphatic rings. The molecule has 1 fully saturated rings. The molecular formula is C16H20F6O3. The molecule has 4 unspecified atom stereocenters. The summed E-state index contributed by atoms with van der Waals surface area (Å²) in [6.45, 7) is 3.54. The number of alkyl halides is 6. The number of carbonyl (C=O) groups excluding carboxylic acids is 1. The van der Waals surface area contributed by atoms with Crippen molar-refractivity contribution < 1.29 is 41.0 Å². The Kier molecular flexibility index (Phi) is 4.73. The molecule has 2 bridgehead atoms. The maximum atomic E-state index is 13.1. The Morgan fingerprint density at radius 3 is 2.00 bits per heavy atom. The summed E-state index contributed by atoms with van der Waals surface area (Å²) in [4.78, 5) is 12.5. The van der Waals surface area contributed by atoms with E-state index in [9.17, 15) is 36.2 Å². The second-order valence-electron chi connectivity index (χ2n) is 7.44. The van der Waals surface area contributed by atoms with Crippen molar-refractivity contribution in [3.05, 3.63) is 12.2 Å². The number of rotatable bonds is 4. The molecule has 2 rings (SSSR count). The maximum Gasteiger partial charge on any atom is 0.430 e. The Bertz CT molecular complexity index is 551. The van der Waals surface area contributed by atoms with Crippen LogP contribution in [0.4, 0.5) is 26.3 Å². The number of hydrogen-bond acceptors (Lipinski definition) is 3. The Balaban J connectivity index is 2.35. The van der Waals surface area contributed by atoms with Gasteiger partial charge >= 0.3 is 18.3 Å². The predicted molar refractivity (Wildman–Crippen MR) is 75.2 cm³/mol. The van der Waals surface area contributed by atoms with E-state index in [0.29, 0.717) is 12.8 Å². The van der Waals surface area contributed by atoms with Gasteiger partial charge in [-0.3, -0.25) is 4.79 Å². The molecule has 0 spiro atoms. The predicted octanol–water partition coefficient (Wildman–Crippen LogP) is 4.01. The van der Waals surface area contributed by atoms with Crippen molar-refractivity contribution in [1.29, 1.82) is 0 Å². The molecule has 9 heteroatoms. The fourth-order valence-corrected chi connectivity index (χ4v) is 3.77. The lowest BCUT2D eigenvalue weighted by atomic mass is 9.77. The van der Waals surface area contributed by atoms with E-state index in [2.05, 4.69) is 0 Å². The zero-order valence-corrected chi connectivity index (χ0v) is 13.9. The molecule has 0 aliphatic heterocycles. The minimum atomic E-state index is -6.05. The largest absolute Gasteiger partial charge is 0.458 e. The highest BCUT2D eigenvalue weighted by Gasteiger charge is 2.76. The Hall–Kier alpha value is -1.25. The first-order valence-corrected chi connectivity index (χ1v) is 7.90. The van der Waals surface area contributed by atoms with Crippen molar-refractivity contribution in [1.82, 2.24) is 0 Å². The minimum Gasteiger partial charge on any atom is -0.458 e. The number of allylic oxidation sites excluding steroid dienone is 2. The lowest BCUT2D eigenvalue weighted by molar-refractivity contribution is -0.395. The second kappa shape index (κ2) is 5.89. The van der Waals surface area contributed by atoms with Crippen LogP contribution in [-0.2, 0) is 9.53 Å². The average molecular weight is 374 g/mol. The van der Waals surface area contributed by atoms with E-state index in [1.807, 2.05) is 6.08 Å². The summed E-state index contributed by atoms with van der Waals surface area (Å²) in [6, 6.07) is 0. The molecule has 0 amide bonds. The van der Waals surface area contributed by atoms with Gasteiger partial charge < -0.3 is 9.84 Å². The summed E-state index contributed by atoms with van der Waals surface area (Å²) in [5.74, 6) is -2.78. The third kappa shape index (κ3) is 3.04. The zero-order chi connectivity index (χ0) is 19.4. The van der Waals surface area contributed by atoms with Crippen molar-refractivity contribution in [2.45, 2.75) is 57.7 Å². The minimum absolute atomic E-state index is 0.0594. The molecule has 144 valence electrons. The molecule has 0 saturated heterocycles. The van der Waals surface area contributed by atoms with Gasteiger partial charge in [-0.15, -0.1) is 0 Å². The summed E-state index contributed by atoms with van der Waals surface area (Å²) < 4.78 is 83.4. The highest BCUT2D eigenvalue weighted by atomic mass is 19.4. The summed E-state index contributed by atoms with van der Waals surface area (Å²) >= 11 is 0. The Morgan fingerprint density at radius 2 is 1.68 bits per heavy atom.